The van der Waals surface area contributed by atoms with Crippen molar-refractivity contribution in [3.63, 3.8) is 0 Å². The molecule has 0 bridgehead atoms. The largest absolute Gasteiger partial charge is 0.323 e. The second kappa shape index (κ2) is 5.89. The van der Waals surface area contributed by atoms with Crippen LogP contribution in [0.15, 0.2) is 12.1 Å². The SMILES string of the molecule is CC(CN1CCCC1)n1c(CCl)nc2c(F)cc(F)cc21. The zero-order chi connectivity index (χ0) is 15.0. The van der Waals surface area contributed by atoms with Gasteiger partial charge in [0, 0.05) is 18.7 Å². The van der Waals surface area contributed by atoms with Gasteiger partial charge in [-0.1, -0.05) is 0 Å². The molecule has 1 atom stereocenters. The van der Waals surface area contributed by atoms with E-state index in [2.05, 4.69) is 9.88 Å². The van der Waals surface area contributed by atoms with Gasteiger partial charge in [0.1, 0.15) is 17.2 Å². The lowest BCUT2D eigenvalue weighted by Crippen LogP contribution is -2.27. The maximum Gasteiger partial charge on any atom is 0.153 e. The van der Waals surface area contributed by atoms with Crippen LogP contribution in [0.1, 0.15) is 31.6 Å². The molecule has 1 fully saturated rings. The smallest absolute Gasteiger partial charge is 0.153 e. The van der Waals surface area contributed by atoms with Gasteiger partial charge in [-0.15, -0.1) is 11.6 Å². The summed E-state index contributed by atoms with van der Waals surface area (Å²) in [6, 6.07) is 2.27. The topological polar surface area (TPSA) is 21.1 Å². The van der Waals surface area contributed by atoms with Crippen LogP contribution in [0, 0.1) is 11.6 Å². The van der Waals surface area contributed by atoms with Crippen molar-refractivity contribution in [3.8, 4) is 0 Å². The second-order valence-electron chi connectivity index (χ2n) is 5.64. The number of halogens is 3. The summed E-state index contributed by atoms with van der Waals surface area (Å²) in [5.74, 6) is -0.456. The predicted molar refractivity (Wildman–Crippen MR) is 79.6 cm³/mol. The van der Waals surface area contributed by atoms with E-state index >= 15 is 0 Å². The van der Waals surface area contributed by atoms with Crippen molar-refractivity contribution < 1.29 is 8.78 Å². The Morgan fingerprint density at radius 3 is 2.67 bits per heavy atom. The fourth-order valence-corrected chi connectivity index (χ4v) is 3.36. The first-order valence-corrected chi connectivity index (χ1v) is 7.77. The predicted octanol–water partition coefficient (Wildman–Crippen LogP) is 3.71. The summed E-state index contributed by atoms with van der Waals surface area (Å²) in [5, 5.41) is 0. The van der Waals surface area contributed by atoms with Crippen LogP contribution in [0.4, 0.5) is 8.78 Å². The Hall–Kier alpha value is -1.20. The first-order valence-electron chi connectivity index (χ1n) is 7.24. The highest BCUT2D eigenvalue weighted by molar-refractivity contribution is 6.16. The zero-order valence-corrected chi connectivity index (χ0v) is 12.7. The highest BCUT2D eigenvalue weighted by Gasteiger charge is 2.21. The molecule has 1 unspecified atom stereocenters. The molecular formula is C15H18ClF2N3. The van der Waals surface area contributed by atoms with Crippen LogP contribution < -0.4 is 0 Å². The monoisotopic (exact) mass is 313 g/mol. The highest BCUT2D eigenvalue weighted by atomic mass is 35.5. The van der Waals surface area contributed by atoms with E-state index in [1.165, 1.54) is 18.9 Å². The third-order valence-electron chi connectivity index (χ3n) is 4.07. The Labute approximate surface area is 127 Å². The number of benzene rings is 1. The van der Waals surface area contributed by atoms with Crippen molar-refractivity contribution in [1.82, 2.24) is 14.5 Å². The Morgan fingerprint density at radius 1 is 1.29 bits per heavy atom. The fraction of sp³-hybridized carbons (Fsp3) is 0.533. The van der Waals surface area contributed by atoms with Crippen LogP contribution in [0.2, 0.25) is 0 Å². The zero-order valence-electron chi connectivity index (χ0n) is 12.0. The van der Waals surface area contributed by atoms with Crippen LogP contribution in [0.3, 0.4) is 0 Å². The number of rotatable bonds is 4. The number of nitrogens with zero attached hydrogens (tertiary/aromatic N) is 3. The standard InChI is InChI=1S/C15H18ClF2N3/c1-10(9-20-4-2-3-5-20)21-13-7-11(17)6-12(18)15(13)19-14(21)8-16/h6-7,10H,2-5,8-9H2,1H3. The quantitative estimate of drug-likeness (QED) is 0.802. The van der Waals surface area contributed by atoms with Crippen LogP contribution in [0.5, 0.6) is 0 Å². The summed E-state index contributed by atoms with van der Waals surface area (Å²) in [6.45, 7) is 5.04. The van der Waals surface area contributed by atoms with E-state index < -0.39 is 11.6 Å². The third-order valence-corrected chi connectivity index (χ3v) is 4.31. The minimum atomic E-state index is -0.636. The summed E-state index contributed by atoms with van der Waals surface area (Å²) < 4.78 is 29.3. The van der Waals surface area contributed by atoms with Crippen LogP contribution in [-0.4, -0.2) is 34.1 Å². The van der Waals surface area contributed by atoms with Gasteiger partial charge in [-0.05, 0) is 38.9 Å². The summed E-state index contributed by atoms with van der Waals surface area (Å²) >= 11 is 5.94. The van der Waals surface area contributed by atoms with Crippen molar-refractivity contribution in [2.45, 2.75) is 31.7 Å². The van der Waals surface area contributed by atoms with Crippen molar-refractivity contribution in [3.05, 3.63) is 29.6 Å². The lowest BCUT2D eigenvalue weighted by molar-refractivity contribution is 0.288. The Bertz CT molecular complexity index is 650. The molecule has 114 valence electrons. The first-order chi connectivity index (χ1) is 10.1. The van der Waals surface area contributed by atoms with E-state index in [1.54, 1.807) is 0 Å². The van der Waals surface area contributed by atoms with Crippen molar-refractivity contribution >= 4 is 22.6 Å². The number of alkyl halides is 1. The number of hydrogen-bond acceptors (Lipinski definition) is 2. The molecule has 1 aliphatic heterocycles. The van der Waals surface area contributed by atoms with Gasteiger partial charge in [0.15, 0.2) is 5.82 Å². The molecule has 2 aromatic rings. The molecule has 6 heteroatoms. The van der Waals surface area contributed by atoms with Crippen molar-refractivity contribution in [2.24, 2.45) is 0 Å². The van der Waals surface area contributed by atoms with Crippen molar-refractivity contribution in [1.29, 1.82) is 0 Å². The molecule has 1 aromatic heterocycles. The van der Waals surface area contributed by atoms with Gasteiger partial charge in [0.05, 0.1) is 11.4 Å². The van der Waals surface area contributed by atoms with Gasteiger partial charge in [0.2, 0.25) is 0 Å². The second-order valence-corrected chi connectivity index (χ2v) is 5.91. The molecule has 2 heterocycles. The molecule has 0 radical (unpaired) electrons. The average molecular weight is 314 g/mol. The first kappa shape index (κ1) is 14.7. The molecule has 0 amide bonds. The Kier molecular flexibility index (Phi) is 4.13. The molecule has 21 heavy (non-hydrogen) atoms. The molecule has 0 saturated carbocycles. The van der Waals surface area contributed by atoms with Gasteiger partial charge in [-0.3, -0.25) is 0 Å². The molecule has 0 spiro atoms. The van der Waals surface area contributed by atoms with Gasteiger partial charge < -0.3 is 9.47 Å². The maximum atomic E-state index is 13.9. The summed E-state index contributed by atoms with van der Waals surface area (Å²) in [7, 11) is 0. The number of likely N-dealkylation sites (tertiary alicyclic amines) is 1. The number of hydrogen-bond donors (Lipinski definition) is 0. The minimum absolute atomic E-state index is 0.0723. The van der Waals surface area contributed by atoms with E-state index in [4.69, 9.17) is 11.6 Å². The van der Waals surface area contributed by atoms with Crippen LogP contribution in [-0.2, 0) is 5.88 Å². The molecule has 0 aliphatic carbocycles. The van der Waals surface area contributed by atoms with Crippen LogP contribution in [0.25, 0.3) is 11.0 Å². The highest BCUT2D eigenvalue weighted by Crippen LogP contribution is 2.26. The normalized spacial score (nSPS) is 17.7. The summed E-state index contributed by atoms with van der Waals surface area (Å²) in [6.07, 6.45) is 2.42. The molecule has 3 rings (SSSR count). The Balaban J connectivity index is 2.02. The molecule has 1 aliphatic rings. The summed E-state index contributed by atoms with van der Waals surface area (Å²) in [5.41, 5.74) is 0.676. The number of fused-ring (bicyclic) bond motifs is 1. The maximum absolute atomic E-state index is 13.9. The third kappa shape index (κ3) is 2.77. The van der Waals surface area contributed by atoms with Crippen LogP contribution >= 0.6 is 11.6 Å². The number of aromatic nitrogens is 2. The van der Waals surface area contributed by atoms with E-state index in [-0.39, 0.29) is 17.4 Å². The summed E-state index contributed by atoms with van der Waals surface area (Å²) in [4.78, 5) is 6.60. The van der Waals surface area contributed by atoms with Crippen molar-refractivity contribution in [2.75, 3.05) is 19.6 Å². The lowest BCUT2D eigenvalue weighted by Gasteiger charge is -2.23. The fourth-order valence-electron chi connectivity index (χ4n) is 3.18. The van der Waals surface area contributed by atoms with E-state index in [0.29, 0.717) is 11.3 Å². The molecule has 1 aromatic carbocycles. The minimum Gasteiger partial charge on any atom is -0.323 e. The van der Waals surface area contributed by atoms with Gasteiger partial charge in [-0.25, -0.2) is 13.8 Å². The number of imidazole rings is 1. The Morgan fingerprint density at radius 2 is 2.00 bits per heavy atom. The van der Waals surface area contributed by atoms with Gasteiger partial charge >= 0.3 is 0 Å². The average Bonchev–Trinajstić information content (AvgIpc) is 3.05. The van der Waals surface area contributed by atoms with Gasteiger partial charge in [-0.2, -0.15) is 0 Å². The molecular weight excluding hydrogens is 296 g/mol. The van der Waals surface area contributed by atoms with Gasteiger partial charge in [0.25, 0.3) is 0 Å². The molecule has 1 saturated heterocycles. The molecule has 3 nitrogen and oxygen atoms in total. The van der Waals surface area contributed by atoms with E-state index in [1.807, 2.05) is 11.5 Å². The lowest BCUT2D eigenvalue weighted by atomic mass is 10.2. The van der Waals surface area contributed by atoms with E-state index in [0.717, 1.165) is 25.7 Å². The molecule has 0 N–H and O–H groups in total. The van der Waals surface area contributed by atoms with E-state index in [9.17, 15) is 8.78 Å².